The summed E-state index contributed by atoms with van der Waals surface area (Å²) in [5.74, 6) is 0. The molecule has 0 aliphatic rings. The first-order chi connectivity index (χ1) is 14.2. The van der Waals surface area contributed by atoms with Gasteiger partial charge in [-0.15, -0.1) is 22.7 Å². The van der Waals surface area contributed by atoms with Gasteiger partial charge in [0.15, 0.2) is 0 Å². The van der Waals surface area contributed by atoms with Gasteiger partial charge in [0, 0.05) is 12.0 Å². The Bertz CT molecular complexity index is 1260. The van der Waals surface area contributed by atoms with Crippen LogP contribution in [0.1, 0.15) is 27.0 Å². The molecule has 0 bridgehead atoms. The first-order valence-corrected chi connectivity index (χ1v) is 12.2. The van der Waals surface area contributed by atoms with E-state index in [2.05, 4.69) is 11.1 Å². The SMILES string of the molecule is Cc1nc(C)c(-c2cc(Cc3nc(C)sc3-c3ccc(Cl)c(Cl)c3)cc(Cl)c2Cl)s1. The number of aromatic nitrogens is 2. The predicted molar refractivity (Wildman–Crippen MR) is 132 cm³/mol. The fourth-order valence-electron chi connectivity index (χ4n) is 3.34. The number of hydrogen-bond donors (Lipinski definition) is 0. The highest BCUT2D eigenvalue weighted by Crippen LogP contribution is 2.41. The molecule has 2 nitrogen and oxygen atoms in total. The van der Waals surface area contributed by atoms with E-state index in [1.54, 1.807) is 22.7 Å². The number of nitrogens with zero attached hydrogens (tertiary/aromatic N) is 2. The maximum atomic E-state index is 6.55. The van der Waals surface area contributed by atoms with Crippen molar-refractivity contribution in [2.75, 3.05) is 0 Å². The third-order valence-electron chi connectivity index (χ3n) is 4.59. The van der Waals surface area contributed by atoms with Crippen molar-refractivity contribution in [3.63, 3.8) is 0 Å². The lowest BCUT2D eigenvalue weighted by molar-refractivity contribution is 1.08. The number of rotatable bonds is 4. The highest BCUT2D eigenvalue weighted by atomic mass is 35.5. The third-order valence-corrected chi connectivity index (χ3v) is 8.30. The second-order valence-electron chi connectivity index (χ2n) is 6.90. The van der Waals surface area contributed by atoms with Crippen LogP contribution in [0.5, 0.6) is 0 Å². The topological polar surface area (TPSA) is 25.8 Å². The van der Waals surface area contributed by atoms with Gasteiger partial charge in [-0.1, -0.05) is 52.5 Å². The summed E-state index contributed by atoms with van der Waals surface area (Å²) in [5, 5.41) is 4.12. The molecule has 0 atom stereocenters. The van der Waals surface area contributed by atoms with Crippen LogP contribution in [0.2, 0.25) is 20.1 Å². The van der Waals surface area contributed by atoms with Gasteiger partial charge >= 0.3 is 0 Å². The van der Waals surface area contributed by atoms with E-state index >= 15 is 0 Å². The van der Waals surface area contributed by atoms with E-state index in [0.29, 0.717) is 26.5 Å². The first-order valence-electron chi connectivity index (χ1n) is 9.07. The molecule has 0 unspecified atom stereocenters. The number of hydrogen-bond acceptors (Lipinski definition) is 4. The van der Waals surface area contributed by atoms with Gasteiger partial charge in [0.2, 0.25) is 0 Å². The van der Waals surface area contributed by atoms with Gasteiger partial charge in [-0.2, -0.15) is 0 Å². The lowest BCUT2D eigenvalue weighted by atomic mass is 10.0. The van der Waals surface area contributed by atoms with E-state index in [1.165, 1.54) is 0 Å². The molecule has 0 N–H and O–H groups in total. The molecular weight excluding hydrogens is 498 g/mol. The molecule has 0 amide bonds. The zero-order valence-electron chi connectivity index (χ0n) is 16.3. The van der Waals surface area contributed by atoms with Crippen LogP contribution in [0.3, 0.4) is 0 Å². The van der Waals surface area contributed by atoms with Crippen LogP contribution < -0.4 is 0 Å². The monoisotopic (exact) mass is 512 g/mol. The largest absolute Gasteiger partial charge is 0.246 e. The van der Waals surface area contributed by atoms with Crippen LogP contribution in [0, 0.1) is 20.8 Å². The summed E-state index contributed by atoms with van der Waals surface area (Å²) < 4.78 is 0. The summed E-state index contributed by atoms with van der Waals surface area (Å²) in [6, 6.07) is 9.65. The van der Waals surface area contributed by atoms with Crippen LogP contribution in [0.15, 0.2) is 30.3 Å². The molecule has 0 aliphatic carbocycles. The molecule has 4 aromatic rings. The van der Waals surface area contributed by atoms with E-state index in [9.17, 15) is 0 Å². The molecule has 2 heterocycles. The van der Waals surface area contributed by atoms with Crippen molar-refractivity contribution in [3.8, 4) is 20.9 Å². The second kappa shape index (κ2) is 8.78. The minimum Gasteiger partial charge on any atom is -0.246 e. The van der Waals surface area contributed by atoms with Crippen LogP contribution in [-0.2, 0) is 6.42 Å². The quantitative estimate of drug-likeness (QED) is 0.272. The van der Waals surface area contributed by atoms with Gasteiger partial charge in [-0.3, -0.25) is 0 Å². The highest BCUT2D eigenvalue weighted by Gasteiger charge is 2.18. The van der Waals surface area contributed by atoms with Gasteiger partial charge in [-0.05, 0) is 56.2 Å². The van der Waals surface area contributed by atoms with Crippen LogP contribution in [0.4, 0.5) is 0 Å². The summed E-state index contributed by atoms with van der Waals surface area (Å²) in [6.45, 7) is 5.98. The zero-order valence-corrected chi connectivity index (χ0v) is 21.0. The average molecular weight is 514 g/mol. The molecule has 0 radical (unpaired) electrons. The van der Waals surface area contributed by atoms with Crippen molar-refractivity contribution >= 4 is 69.1 Å². The Kier molecular flexibility index (Phi) is 6.45. The number of thiazole rings is 2. The second-order valence-corrected chi connectivity index (χ2v) is 10.9. The van der Waals surface area contributed by atoms with Crippen molar-refractivity contribution in [2.45, 2.75) is 27.2 Å². The molecule has 0 saturated carbocycles. The molecule has 2 aromatic carbocycles. The summed E-state index contributed by atoms with van der Waals surface area (Å²) in [4.78, 5) is 11.4. The summed E-state index contributed by atoms with van der Waals surface area (Å²) in [5.41, 5.74) is 4.87. The van der Waals surface area contributed by atoms with Gasteiger partial charge < -0.3 is 0 Å². The zero-order chi connectivity index (χ0) is 21.6. The van der Waals surface area contributed by atoms with Crippen LogP contribution in [-0.4, -0.2) is 9.97 Å². The van der Waals surface area contributed by atoms with Crippen molar-refractivity contribution in [2.24, 2.45) is 0 Å². The Balaban J connectivity index is 1.77. The molecule has 0 fully saturated rings. The van der Waals surface area contributed by atoms with E-state index in [0.717, 1.165) is 47.8 Å². The van der Waals surface area contributed by atoms with E-state index < -0.39 is 0 Å². The van der Waals surface area contributed by atoms with Crippen LogP contribution in [0.25, 0.3) is 20.9 Å². The molecule has 0 spiro atoms. The van der Waals surface area contributed by atoms with Crippen molar-refractivity contribution < 1.29 is 0 Å². The average Bonchev–Trinajstić information content (AvgIpc) is 3.21. The van der Waals surface area contributed by atoms with E-state index in [4.69, 9.17) is 51.4 Å². The molecule has 4 rings (SSSR count). The molecule has 0 saturated heterocycles. The normalized spacial score (nSPS) is 11.3. The number of benzene rings is 2. The maximum Gasteiger partial charge on any atom is 0.0904 e. The maximum absolute atomic E-state index is 6.55. The Hall–Kier alpha value is -1.14. The Morgan fingerprint density at radius 2 is 1.47 bits per heavy atom. The minimum absolute atomic E-state index is 0.526. The molecule has 154 valence electrons. The van der Waals surface area contributed by atoms with Gasteiger partial charge in [0.05, 0.1) is 51.2 Å². The third kappa shape index (κ3) is 4.40. The predicted octanol–water partition coefficient (Wildman–Crippen LogP) is 9.06. The molecule has 0 aliphatic heterocycles. The molecular formula is C22H16Cl4N2S2. The highest BCUT2D eigenvalue weighted by molar-refractivity contribution is 7.15. The van der Waals surface area contributed by atoms with E-state index in [1.807, 2.05) is 45.0 Å². The summed E-state index contributed by atoms with van der Waals surface area (Å²) >= 11 is 28.6. The number of halogens is 4. The molecule has 30 heavy (non-hydrogen) atoms. The van der Waals surface area contributed by atoms with Crippen molar-refractivity contribution in [1.82, 2.24) is 9.97 Å². The van der Waals surface area contributed by atoms with Gasteiger partial charge in [-0.25, -0.2) is 9.97 Å². The summed E-state index contributed by atoms with van der Waals surface area (Å²) in [6.07, 6.45) is 0.626. The van der Waals surface area contributed by atoms with Crippen LogP contribution >= 0.6 is 69.1 Å². The smallest absolute Gasteiger partial charge is 0.0904 e. The van der Waals surface area contributed by atoms with Gasteiger partial charge in [0.1, 0.15) is 0 Å². The fraction of sp³-hybridized carbons (Fsp3) is 0.182. The molecule has 8 heteroatoms. The lowest BCUT2D eigenvalue weighted by Crippen LogP contribution is -1.94. The number of aryl methyl sites for hydroxylation is 3. The fourth-order valence-corrected chi connectivity index (χ4v) is 6.01. The minimum atomic E-state index is 0.526. The van der Waals surface area contributed by atoms with Crippen molar-refractivity contribution in [3.05, 3.63) is 77.4 Å². The Labute approximate surface area is 203 Å². The lowest BCUT2D eigenvalue weighted by Gasteiger charge is -2.10. The standard InChI is InChI=1S/C22H16Cl4N2S2/c1-10-21(29-11(2)27-10)15-6-13(7-18(25)20(15)26)8-19-22(30-12(3)28-19)14-4-5-16(23)17(24)9-14/h4-7,9H,8H2,1-3H3. The van der Waals surface area contributed by atoms with E-state index in [-0.39, 0.29) is 0 Å². The van der Waals surface area contributed by atoms with Crippen molar-refractivity contribution in [1.29, 1.82) is 0 Å². The summed E-state index contributed by atoms with van der Waals surface area (Å²) in [7, 11) is 0. The molecule has 2 aromatic heterocycles. The first kappa shape index (κ1) is 22.1. The van der Waals surface area contributed by atoms with Gasteiger partial charge in [0.25, 0.3) is 0 Å². The Morgan fingerprint density at radius 3 is 2.13 bits per heavy atom. The Morgan fingerprint density at radius 1 is 0.767 bits per heavy atom.